The third kappa shape index (κ3) is 8.53. The number of benzene rings is 1. The third-order valence-electron chi connectivity index (χ3n) is 4.32. The molecule has 0 aliphatic heterocycles. The van der Waals surface area contributed by atoms with Gasteiger partial charge in [-0.3, -0.25) is 0 Å². The number of rotatable bonds is 14. The molecule has 0 bridgehead atoms. The number of hydrogen-bond donors (Lipinski definition) is 5. The van der Waals surface area contributed by atoms with E-state index in [0.717, 1.165) is 12.8 Å². The lowest BCUT2D eigenvalue weighted by molar-refractivity contribution is -0.124. The first-order valence-corrected chi connectivity index (χ1v) is 9.63. The predicted octanol–water partition coefficient (Wildman–Crippen LogP) is 0.628. The highest BCUT2D eigenvalue weighted by Crippen LogP contribution is 2.14. The highest BCUT2D eigenvalue weighted by molar-refractivity contribution is 5.89. The SMILES string of the molecule is CCCCCCCOc1ccc(C(=O)OC[C@@H](O)[C@@H](O)[C@H](O)[C@@H](O)CO)cc1. The molecule has 160 valence electrons. The van der Waals surface area contributed by atoms with E-state index in [-0.39, 0.29) is 5.56 Å². The van der Waals surface area contributed by atoms with Crippen LogP contribution >= 0.6 is 0 Å². The molecule has 0 aliphatic carbocycles. The maximum atomic E-state index is 12.0. The molecule has 0 spiro atoms. The quantitative estimate of drug-likeness (QED) is 0.227. The summed E-state index contributed by atoms with van der Waals surface area (Å²) in [5.74, 6) is -0.0711. The van der Waals surface area contributed by atoms with Gasteiger partial charge in [-0.25, -0.2) is 4.79 Å². The first kappa shape index (κ1) is 24.3. The second kappa shape index (κ2) is 13.5. The Morgan fingerprint density at radius 1 is 0.929 bits per heavy atom. The normalized spacial score (nSPS) is 15.5. The Morgan fingerprint density at radius 3 is 2.14 bits per heavy atom. The summed E-state index contributed by atoms with van der Waals surface area (Å²) in [5, 5.41) is 46.9. The van der Waals surface area contributed by atoms with Crippen molar-refractivity contribution >= 4 is 5.97 Å². The Kier molecular flexibility index (Phi) is 11.7. The van der Waals surface area contributed by atoms with Gasteiger partial charge in [-0.05, 0) is 30.7 Å². The molecule has 8 nitrogen and oxygen atoms in total. The van der Waals surface area contributed by atoms with Crippen LogP contribution in [0.4, 0.5) is 0 Å². The Morgan fingerprint density at radius 2 is 1.54 bits per heavy atom. The largest absolute Gasteiger partial charge is 0.494 e. The number of aliphatic hydroxyl groups is 5. The number of esters is 1. The van der Waals surface area contributed by atoms with Crippen molar-refractivity contribution in [2.24, 2.45) is 0 Å². The zero-order valence-electron chi connectivity index (χ0n) is 16.2. The molecule has 0 amide bonds. The van der Waals surface area contributed by atoms with Crippen LogP contribution in [0.15, 0.2) is 24.3 Å². The summed E-state index contributed by atoms with van der Waals surface area (Å²) < 4.78 is 10.5. The molecule has 8 heteroatoms. The summed E-state index contributed by atoms with van der Waals surface area (Å²) >= 11 is 0. The standard InChI is InChI=1S/C20H32O8/c1-2-3-4-5-6-11-27-15-9-7-14(8-10-15)20(26)28-13-17(23)19(25)18(24)16(22)12-21/h7-10,16-19,21-25H,2-6,11-13H2,1H3/t16-,17+,18+,19+/m0/s1. The molecule has 1 aromatic carbocycles. The fourth-order valence-electron chi connectivity index (χ4n) is 2.49. The molecule has 0 heterocycles. The lowest BCUT2D eigenvalue weighted by atomic mass is 10.0. The van der Waals surface area contributed by atoms with Crippen molar-refractivity contribution in [2.45, 2.75) is 63.4 Å². The van der Waals surface area contributed by atoms with Crippen LogP contribution in [0.3, 0.4) is 0 Å². The smallest absolute Gasteiger partial charge is 0.338 e. The highest BCUT2D eigenvalue weighted by atomic mass is 16.5. The Bertz CT molecular complexity index is 548. The van der Waals surface area contributed by atoms with Gasteiger partial charge in [-0.1, -0.05) is 32.6 Å². The van der Waals surface area contributed by atoms with E-state index in [1.54, 1.807) is 12.1 Å². The summed E-state index contributed by atoms with van der Waals surface area (Å²) in [6.45, 7) is 1.42. The first-order chi connectivity index (χ1) is 13.4. The van der Waals surface area contributed by atoms with Gasteiger partial charge in [0.05, 0.1) is 18.8 Å². The highest BCUT2D eigenvalue weighted by Gasteiger charge is 2.30. The summed E-state index contributed by atoms with van der Waals surface area (Å²) in [7, 11) is 0. The van der Waals surface area contributed by atoms with Crippen molar-refractivity contribution < 1.29 is 39.8 Å². The Hall–Kier alpha value is -1.71. The predicted molar refractivity (Wildman–Crippen MR) is 102 cm³/mol. The monoisotopic (exact) mass is 400 g/mol. The van der Waals surface area contributed by atoms with Crippen LogP contribution in [-0.4, -0.2) is 75.7 Å². The maximum absolute atomic E-state index is 12.0. The van der Waals surface area contributed by atoms with Gasteiger partial charge >= 0.3 is 5.97 Å². The molecule has 1 rings (SSSR count). The second-order valence-corrected chi connectivity index (χ2v) is 6.68. The topological polar surface area (TPSA) is 137 Å². The molecule has 4 atom stereocenters. The van der Waals surface area contributed by atoms with Crippen LogP contribution in [-0.2, 0) is 4.74 Å². The molecule has 0 aromatic heterocycles. The number of ether oxygens (including phenoxy) is 2. The Labute approximate surface area is 165 Å². The van der Waals surface area contributed by atoms with Crippen molar-refractivity contribution in [3.05, 3.63) is 29.8 Å². The second-order valence-electron chi connectivity index (χ2n) is 6.68. The average Bonchev–Trinajstić information content (AvgIpc) is 2.72. The van der Waals surface area contributed by atoms with Gasteiger partial charge in [0.15, 0.2) is 0 Å². The lowest BCUT2D eigenvalue weighted by Crippen LogP contribution is -2.47. The van der Waals surface area contributed by atoms with Crippen molar-refractivity contribution in [2.75, 3.05) is 19.8 Å². The minimum absolute atomic E-state index is 0.243. The average molecular weight is 400 g/mol. The van der Waals surface area contributed by atoms with Crippen LogP contribution < -0.4 is 4.74 Å². The number of hydrogen-bond acceptors (Lipinski definition) is 8. The number of aliphatic hydroxyl groups excluding tert-OH is 5. The van der Waals surface area contributed by atoms with Crippen LogP contribution in [0.5, 0.6) is 5.75 Å². The number of carbonyl (C=O) groups is 1. The first-order valence-electron chi connectivity index (χ1n) is 9.63. The minimum atomic E-state index is -1.77. The fraction of sp³-hybridized carbons (Fsp3) is 0.650. The van der Waals surface area contributed by atoms with Gasteiger partial charge in [-0.15, -0.1) is 0 Å². The molecule has 0 radical (unpaired) electrons. The van der Waals surface area contributed by atoms with Crippen LogP contribution in [0.2, 0.25) is 0 Å². The molecule has 0 saturated carbocycles. The summed E-state index contributed by atoms with van der Waals surface area (Å²) in [6, 6.07) is 6.36. The summed E-state index contributed by atoms with van der Waals surface area (Å²) in [6.07, 6.45) is -1.06. The zero-order chi connectivity index (χ0) is 20.9. The summed E-state index contributed by atoms with van der Waals surface area (Å²) in [4.78, 5) is 12.0. The Balaban J connectivity index is 2.38. The maximum Gasteiger partial charge on any atom is 0.338 e. The molecule has 28 heavy (non-hydrogen) atoms. The lowest BCUT2D eigenvalue weighted by Gasteiger charge is -2.25. The zero-order valence-corrected chi connectivity index (χ0v) is 16.2. The molecule has 0 aliphatic rings. The van der Waals surface area contributed by atoms with E-state index in [1.807, 2.05) is 0 Å². The molecular weight excluding hydrogens is 368 g/mol. The number of unbranched alkanes of at least 4 members (excludes halogenated alkanes) is 4. The van der Waals surface area contributed by atoms with Gasteiger partial charge in [0, 0.05) is 0 Å². The molecule has 0 unspecified atom stereocenters. The van der Waals surface area contributed by atoms with Gasteiger partial charge in [0.2, 0.25) is 0 Å². The van der Waals surface area contributed by atoms with E-state index < -0.39 is 43.6 Å². The van der Waals surface area contributed by atoms with Gasteiger partial charge in [0.1, 0.15) is 36.8 Å². The molecule has 5 N–H and O–H groups in total. The third-order valence-corrected chi connectivity index (χ3v) is 4.32. The van der Waals surface area contributed by atoms with Crippen molar-refractivity contribution in [3.8, 4) is 5.75 Å². The van der Waals surface area contributed by atoms with Gasteiger partial charge in [-0.2, -0.15) is 0 Å². The molecule has 0 saturated heterocycles. The van der Waals surface area contributed by atoms with E-state index in [1.165, 1.54) is 31.4 Å². The van der Waals surface area contributed by atoms with E-state index >= 15 is 0 Å². The fourth-order valence-corrected chi connectivity index (χ4v) is 2.49. The molecule has 1 aromatic rings. The van der Waals surface area contributed by atoms with Gasteiger partial charge < -0.3 is 35.0 Å². The molecular formula is C20H32O8. The van der Waals surface area contributed by atoms with Crippen molar-refractivity contribution in [1.82, 2.24) is 0 Å². The minimum Gasteiger partial charge on any atom is -0.494 e. The van der Waals surface area contributed by atoms with E-state index in [4.69, 9.17) is 14.6 Å². The molecule has 0 fully saturated rings. The van der Waals surface area contributed by atoms with Gasteiger partial charge in [0.25, 0.3) is 0 Å². The van der Waals surface area contributed by atoms with Crippen LogP contribution in [0, 0.1) is 0 Å². The van der Waals surface area contributed by atoms with Crippen LogP contribution in [0.25, 0.3) is 0 Å². The summed E-state index contributed by atoms with van der Waals surface area (Å²) in [5.41, 5.74) is 0.243. The van der Waals surface area contributed by atoms with Crippen LogP contribution in [0.1, 0.15) is 49.4 Å². The number of carbonyl (C=O) groups excluding carboxylic acids is 1. The van der Waals surface area contributed by atoms with Crippen molar-refractivity contribution in [1.29, 1.82) is 0 Å². The van der Waals surface area contributed by atoms with E-state index in [0.29, 0.717) is 12.4 Å². The van der Waals surface area contributed by atoms with E-state index in [2.05, 4.69) is 6.92 Å². The van der Waals surface area contributed by atoms with Crippen molar-refractivity contribution in [3.63, 3.8) is 0 Å². The van der Waals surface area contributed by atoms with E-state index in [9.17, 15) is 25.2 Å².